The van der Waals surface area contributed by atoms with Crippen LogP contribution in [0.15, 0.2) is 59.1 Å². The van der Waals surface area contributed by atoms with Gasteiger partial charge in [-0.15, -0.1) is 0 Å². The van der Waals surface area contributed by atoms with Crippen LogP contribution in [0.25, 0.3) is 0 Å². The zero-order chi connectivity index (χ0) is 18.4. The molecule has 26 heavy (non-hydrogen) atoms. The second kappa shape index (κ2) is 9.31. The van der Waals surface area contributed by atoms with E-state index in [4.69, 9.17) is 4.74 Å². The van der Waals surface area contributed by atoms with E-state index >= 15 is 0 Å². The fraction of sp³-hybridized carbons (Fsp3) is 0.381. The Kier molecular flexibility index (Phi) is 6.83. The molecule has 1 aliphatic heterocycles. The van der Waals surface area contributed by atoms with Gasteiger partial charge in [-0.05, 0) is 30.7 Å². The highest BCUT2D eigenvalue weighted by Crippen LogP contribution is 2.18. The molecule has 1 fully saturated rings. The summed E-state index contributed by atoms with van der Waals surface area (Å²) in [6, 6.07) is 17.9. The number of amides is 1. The molecule has 0 radical (unpaired) electrons. The van der Waals surface area contributed by atoms with E-state index in [-0.39, 0.29) is 11.9 Å². The topological polar surface area (TPSA) is 32.8 Å². The number of hydrogen-bond donors (Lipinski definition) is 0. The van der Waals surface area contributed by atoms with Crippen molar-refractivity contribution in [3.63, 3.8) is 0 Å². The highest BCUT2D eigenvalue weighted by Gasteiger charge is 2.24. The van der Waals surface area contributed by atoms with Crippen LogP contribution in [0.4, 0.5) is 0 Å². The van der Waals surface area contributed by atoms with Gasteiger partial charge in [0, 0.05) is 42.3 Å². The van der Waals surface area contributed by atoms with Gasteiger partial charge in [0.05, 0.1) is 13.2 Å². The third-order valence-corrected chi connectivity index (χ3v) is 5.18. The van der Waals surface area contributed by atoms with E-state index in [1.54, 1.807) is 0 Å². The highest BCUT2D eigenvalue weighted by atomic mass is 79.9. The first-order valence-corrected chi connectivity index (χ1v) is 9.83. The van der Waals surface area contributed by atoms with Crippen molar-refractivity contribution in [3.8, 4) is 0 Å². The van der Waals surface area contributed by atoms with Gasteiger partial charge in [-0.2, -0.15) is 0 Å². The van der Waals surface area contributed by atoms with Crippen molar-refractivity contribution in [1.29, 1.82) is 0 Å². The van der Waals surface area contributed by atoms with Crippen LogP contribution in [0.5, 0.6) is 0 Å². The molecule has 3 rings (SSSR count). The van der Waals surface area contributed by atoms with Gasteiger partial charge in [0.1, 0.15) is 0 Å². The van der Waals surface area contributed by atoms with Crippen LogP contribution in [-0.2, 0) is 11.3 Å². The summed E-state index contributed by atoms with van der Waals surface area (Å²) in [6.07, 6.45) is 0. The van der Waals surface area contributed by atoms with Crippen molar-refractivity contribution < 1.29 is 9.53 Å². The molecule has 1 unspecified atom stereocenters. The lowest BCUT2D eigenvalue weighted by Crippen LogP contribution is -2.48. The van der Waals surface area contributed by atoms with Gasteiger partial charge < -0.3 is 9.64 Å². The summed E-state index contributed by atoms with van der Waals surface area (Å²) in [5.74, 6) is 0.0657. The molecule has 0 bridgehead atoms. The fourth-order valence-corrected chi connectivity index (χ4v) is 3.65. The Balaban J connectivity index is 1.79. The van der Waals surface area contributed by atoms with Crippen molar-refractivity contribution in [2.45, 2.75) is 19.5 Å². The molecule has 4 nitrogen and oxygen atoms in total. The Morgan fingerprint density at radius 1 is 1.15 bits per heavy atom. The SMILES string of the molecule is CC(CN1CCOCC1)N(Cc1ccccc1)C(=O)c1cccc(Br)c1. The Morgan fingerprint density at radius 3 is 2.58 bits per heavy atom. The molecule has 0 spiro atoms. The molecule has 0 N–H and O–H groups in total. The van der Waals surface area contributed by atoms with E-state index < -0.39 is 0 Å². The average Bonchev–Trinajstić information content (AvgIpc) is 2.67. The minimum atomic E-state index is 0.0657. The van der Waals surface area contributed by atoms with E-state index in [0.29, 0.717) is 12.1 Å². The van der Waals surface area contributed by atoms with Crippen molar-refractivity contribution >= 4 is 21.8 Å². The van der Waals surface area contributed by atoms with Gasteiger partial charge in [0.25, 0.3) is 5.91 Å². The van der Waals surface area contributed by atoms with Crippen LogP contribution in [-0.4, -0.2) is 54.6 Å². The monoisotopic (exact) mass is 416 g/mol. The second-order valence-electron chi connectivity index (χ2n) is 6.69. The minimum Gasteiger partial charge on any atom is -0.379 e. The lowest BCUT2D eigenvalue weighted by Gasteiger charge is -2.35. The number of nitrogens with zero attached hydrogens (tertiary/aromatic N) is 2. The molecular weight excluding hydrogens is 392 g/mol. The van der Waals surface area contributed by atoms with Gasteiger partial charge in [0.15, 0.2) is 0 Å². The Bertz CT molecular complexity index is 717. The smallest absolute Gasteiger partial charge is 0.254 e. The Morgan fingerprint density at radius 2 is 1.88 bits per heavy atom. The van der Waals surface area contributed by atoms with Crippen LogP contribution in [0.3, 0.4) is 0 Å². The van der Waals surface area contributed by atoms with E-state index in [0.717, 1.165) is 42.9 Å². The predicted molar refractivity (Wildman–Crippen MR) is 107 cm³/mol. The quantitative estimate of drug-likeness (QED) is 0.717. The van der Waals surface area contributed by atoms with E-state index in [9.17, 15) is 4.79 Å². The summed E-state index contributed by atoms with van der Waals surface area (Å²) in [4.78, 5) is 17.6. The number of benzene rings is 2. The van der Waals surface area contributed by atoms with Crippen molar-refractivity contribution in [2.24, 2.45) is 0 Å². The number of rotatable bonds is 6. The van der Waals surface area contributed by atoms with Crippen LogP contribution < -0.4 is 0 Å². The van der Waals surface area contributed by atoms with Crippen LogP contribution in [0.2, 0.25) is 0 Å². The molecular formula is C21H25BrN2O2. The molecule has 2 aromatic rings. The normalized spacial score (nSPS) is 16.2. The lowest BCUT2D eigenvalue weighted by atomic mass is 10.1. The largest absolute Gasteiger partial charge is 0.379 e. The van der Waals surface area contributed by atoms with Crippen LogP contribution in [0.1, 0.15) is 22.8 Å². The van der Waals surface area contributed by atoms with Crippen LogP contribution >= 0.6 is 15.9 Å². The molecule has 1 aliphatic rings. The molecule has 1 atom stereocenters. The van der Waals surface area contributed by atoms with E-state index in [2.05, 4.69) is 39.9 Å². The van der Waals surface area contributed by atoms with E-state index in [1.165, 1.54) is 0 Å². The molecule has 0 saturated carbocycles. The van der Waals surface area contributed by atoms with Gasteiger partial charge in [-0.1, -0.05) is 52.3 Å². The van der Waals surface area contributed by atoms with Gasteiger partial charge in [-0.25, -0.2) is 0 Å². The van der Waals surface area contributed by atoms with Crippen molar-refractivity contribution in [2.75, 3.05) is 32.8 Å². The van der Waals surface area contributed by atoms with Crippen LogP contribution in [0, 0.1) is 0 Å². The maximum Gasteiger partial charge on any atom is 0.254 e. The minimum absolute atomic E-state index is 0.0657. The second-order valence-corrected chi connectivity index (χ2v) is 7.61. The standard InChI is InChI=1S/C21H25BrN2O2/c1-17(15-23-10-12-26-13-11-23)24(16-18-6-3-2-4-7-18)21(25)19-8-5-9-20(22)14-19/h2-9,14,17H,10-13,15-16H2,1H3. The first-order chi connectivity index (χ1) is 12.6. The number of carbonyl (C=O) groups is 1. The Hall–Kier alpha value is -1.69. The maximum atomic E-state index is 13.2. The lowest BCUT2D eigenvalue weighted by molar-refractivity contribution is 0.0228. The number of morpholine rings is 1. The fourth-order valence-electron chi connectivity index (χ4n) is 3.25. The summed E-state index contributed by atoms with van der Waals surface area (Å²) in [7, 11) is 0. The number of halogens is 1. The summed E-state index contributed by atoms with van der Waals surface area (Å²) in [6.45, 7) is 6.99. The molecule has 0 aromatic heterocycles. The zero-order valence-electron chi connectivity index (χ0n) is 15.1. The third-order valence-electron chi connectivity index (χ3n) is 4.69. The summed E-state index contributed by atoms with van der Waals surface area (Å²) in [5, 5.41) is 0. The Labute approximate surface area is 163 Å². The van der Waals surface area contributed by atoms with Crippen molar-refractivity contribution in [1.82, 2.24) is 9.80 Å². The molecule has 5 heteroatoms. The molecule has 1 amide bonds. The van der Waals surface area contributed by atoms with Gasteiger partial charge >= 0.3 is 0 Å². The van der Waals surface area contributed by atoms with Gasteiger partial charge in [0.2, 0.25) is 0 Å². The maximum absolute atomic E-state index is 13.2. The predicted octanol–water partition coefficient (Wildman–Crippen LogP) is 3.81. The summed E-state index contributed by atoms with van der Waals surface area (Å²) >= 11 is 3.47. The van der Waals surface area contributed by atoms with Gasteiger partial charge in [-0.3, -0.25) is 9.69 Å². The molecule has 1 heterocycles. The first kappa shape index (κ1) is 19.1. The third kappa shape index (κ3) is 5.16. The average molecular weight is 417 g/mol. The van der Waals surface area contributed by atoms with E-state index in [1.807, 2.05) is 47.4 Å². The molecule has 1 saturated heterocycles. The summed E-state index contributed by atoms with van der Waals surface area (Å²) in [5.41, 5.74) is 1.86. The first-order valence-electron chi connectivity index (χ1n) is 9.04. The molecule has 138 valence electrons. The number of ether oxygens (including phenoxy) is 1. The highest BCUT2D eigenvalue weighted by molar-refractivity contribution is 9.10. The number of hydrogen-bond acceptors (Lipinski definition) is 3. The number of carbonyl (C=O) groups excluding carboxylic acids is 1. The summed E-state index contributed by atoms with van der Waals surface area (Å²) < 4.78 is 6.36. The molecule has 2 aromatic carbocycles. The van der Waals surface area contributed by atoms with Crippen molar-refractivity contribution in [3.05, 3.63) is 70.2 Å². The molecule has 0 aliphatic carbocycles. The zero-order valence-corrected chi connectivity index (χ0v) is 16.7.